The van der Waals surface area contributed by atoms with E-state index in [-0.39, 0.29) is 12.3 Å². The standard InChI is InChI=1S/C11H13NO2/c1-8-3-4-10(9(2)5-8)6-11(14)12-7-13/h3-5,7H,6H2,1-2H3,(H,12,13,14). The van der Waals surface area contributed by atoms with Gasteiger partial charge in [0.15, 0.2) is 0 Å². The van der Waals surface area contributed by atoms with Crippen molar-refractivity contribution in [2.24, 2.45) is 0 Å². The Kier molecular flexibility index (Phi) is 3.40. The highest BCUT2D eigenvalue weighted by atomic mass is 16.2. The molecule has 0 spiro atoms. The van der Waals surface area contributed by atoms with E-state index in [0.717, 1.165) is 11.1 Å². The second-order valence-corrected chi connectivity index (χ2v) is 3.29. The van der Waals surface area contributed by atoms with Crippen LogP contribution in [0.3, 0.4) is 0 Å². The Bertz CT molecular complexity index is 358. The molecule has 0 fully saturated rings. The predicted molar refractivity (Wildman–Crippen MR) is 53.8 cm³/mol. The van der Waals surface area contributed by atoms with Gasteiger partial charge in [0.05, 0.1) is 6.42 Å². The minimum absolute atomic E-state index is 0.255. The molecule has 0 bridgehead atoms. The summed E-state index contributed by atoms with van der Waals surface area (Å²) >= 11 is 0. The molecular weight excluding hydrogens is 178 g/mol. The zero-order valence-electron chi connectivity index (χ0n) is 8.33. The second-order valence-electron chi connectivity index (χ2n) is 3.29. The highest BCUT2D eigenvalue weighted by molar-refractivity contribution is 5.87. The number of benzene rings is 1. The summed E-state index contributed by atoms with van der Waals surface area (Å²) in [5.74, 6) is -0.271. The molecule has 1 aromatic carbocycles. The molecule has 1 rings (SSSR count). The van der Waals surface area contributed by atoms with Gasteiger partial charge in [-0.15, -0.1) is 0 Å². The summed E-state index contributed by atoms with van der Waals surface area (Å²) in [5, 5.41) is 2.12. The summed E-state index contributed by atoms with van der Waals surface area (Å²) < 4.78 is 0. The van der Waals surface area contributed by atoms with Crippen molar-refractivity contribution < 1.29 is 9.59 Å². The van der Waals surface area contributed by atoms with Crippen molar-refractivity contribution in [2.75, 3.05) is 0 Å². The van der Waals surface area contributed by atoms with E-state index in [9.17, 15) is 9.59 Å². The van der Waals surface area contributed by atoms with E-state index in [1.54, 1.807) is 0 Å². The Morgan fingerprint density at radius 2 is 2.14 bits per heavy atom. The van der Waals surface area contributed by atoms with Gasteiger partial charge in [-0.1, -0.05) is 23.8 Å². The van der Waals surface area contributed by atoms with Crippen LogP contribution in [0.5, 0.6) is 0 Å². The number of imide groups is 1. The van der Waals surface area contributed by atoms with Gasteiger partial charge in [0.2, 0.25) is 12.3 Å². The highest BCUT2D eigenvalue weighted by Gasteiger charge is 2.04. The Labute approximate surface area is 83.1 Å². The van der Waals surface area contributed by atoms with E-state index < -0.39 is 0 Å². The van der Waals surface area contributed by atoms with Crippen LogP contribution in [0.25, 0.3) is 0 Å². The van der Waals surface area contributed by atoms with Gasteiger partial charge in [0.1, 0.15) is 0 Å². The van der Waals surface area contributed by atoms with Crippen LogP contribution in [0, 0.1) is 13.8 Å². The fraction of sp³-hybridized carbons (Fsp3) is 0.273. The molecule has 0 aromatic heterocycles. The van der Waals surface area contributed by atoms with Crippen molar-refractivity contribution in [3.05, 3.63) is 34.9 Å². The summed E-state index contributed by atoms with van der Waals surface area (Å²) in [6.45, 7) is 3.96. The molecule has 0 radical (unpaired) electrons. The van der Waals surface area contributed by atoms with Gasteiger partial charge in [-0.3, -0.25) is 14.9 Å². The number of hydrogen-bond acceptors (Lipinski definition) is 2. The summed E-state index contributed by atoms with van der Waals surface area (Å²) in [6, 6.07) is 5.88. The first-order chi connectivity index (χ1) is 6.63. The van der Waals surface area contributed by atoms with Crippen molar-refractivity contribution in [2.45, 2.75) is 20.3 Å². The maximum atomic E-state index is 11.1. The first kappa shape index (κ1) is 10.4. The predicted octanol–water partition coefficient (Wildman–Crippen LogP) is 1.12. The van der Waals surface area contributed by atoms with Gasteiger partial charge in [-0.2, -0.15) is 0 Å². The first-order valence-electron chi connectivity index (χ1n) is 4.42. The average Bonchev–Trinajstić information content (AvgIpc) is 2.10. The molecule has 0 atom stereocenters. The number of aryl methyl sites for hydroxylation is 2. The largest absolute Gasteiger partial charge is 0.299 e. The molecule has 0 saturated heterocycles. The number of amides is 2. The fourth-order valence-electron chi connectivity index (χ4n) is 1.33. The molecule has 0 aliphatic carbocycles. The number of nitrogens with one attached hydrogen (secondary N) is 1. The van der Waals surface area contributed by atoms with E-state index in [0.29, 0.717) is 6.41 Å². The third kappa shape index (κ3) is 2.69. The van der Waals surface area contributed by atoms with Crippen molar-refractivity contribution in [1.29, 1.82) is 0 Å². The molecule has 1 N–H and O–H groups in total. The van der Waals surface area contributed by atoms with Crippen LogP contribution in [-0.2, 0) is 16.0 Å². The van der Waals surface area contributed by atoms with Crippen LogP contribution in [0.2, 0.25) is 0 Å². The Balaban J connectivity index is 2.76. The van der Waals surface area contributed by atoms with Gasteiger partial charge in [0.25, 0.3) is 0 Å². The summed E-state index contributed by atoms with van der Waals surface area (Å²) in [4.78, 5) is 21.1. The van der Waals surface area contributed by atoms with Crippen molar-refractivity contribution in [1.82, 2.24) is 5.32 Å². The zero-order valence-corrected chi connectivity index (χ0v) is 8.33. The Hall–Kier alpha value is -1.64. The molecule has 0 heterocycles. The molecular formula is C11H13NO2. The number of carbonyl (C=O) groups excluding carboxylic acids is 2. The van der Waals surface area contributed by atoms with Crippen molar-refractivity contribution in [3.8, 4) is 0 Å². The van der Waals surface area contributed by atoms with Crippen molar-refractivity contribution in [3.63, 3.8) is 0 Å². The van der Waals surface area contributed by atoms with Crippen molar-refractivity contribution >= 4 is 12.3 Å². The van der Waals surface area contributed by atoms with Gasteiger partial charge in [-0.05, 0) is 25.0 Å². The van der Waals surface area contributed by atoms with Gasteiger partial charge in [-0.25, -0.2) is 0 Å². The lowest BCUT2D eigenvalue weighted by molar-refractivity contribution is -0.124. The van der Waals surface area contributed by atoms with E-state index in [1.165, 1.54) is 5.56 Å². The molecule has 3 nitrogen and oxygen atoms in total. The maximum absolute atomic E-state index is 11.1. The third-order valence-electron chi connectivity index (χ3n) is 2.07. The fourth-order valence-corrected chi connectivity index (χ4v) is 1.33. The van der Waals surface area contributed by atoms with Crippen LogP contribution >= 0.6 is 0 Å². The van der Waals surface area contributed by atoms with Crippen LogP contribution < -0.4 is 5.32 Å². The van der Waals surface area contributed by atoms with Crippen LogP contribution in [0.4, 0.5) is 0 Å². The Morgan fingerprint density at radius 1 is 1.43 bits per heavy atom. The summed E-state index contributed by atoms with van der Waals surface area (Å²) in [6.07, 6.45) is 0.663. The third-order valence-corrected chi connectivity index (χ3v) is 2.07. The van der Waals surface area contributed by atoms with Crippen LogP contribution in [0.1, 0.15) is 16.7 Å². The molecule has 74 valence electrons. The lowest BCUT2D eigenvalue weighted by atomic mass is 10.0. The topological polar surface area (TPSA) is 46.2 Å². The van der Waals surface area contributed by atoms with E-state index in [2.05, 4.69) is 5.32 Å². The SMILES string of the molecule is Cc1ccc(CC(=O)NC=O)c(C)c1. The van der Waals surface area contributed by atoms with E-state index >= 15 is 0 Å². The molecule has 0 unspecified atom stereocenters. The Morgan fingerprint density at radius 3 is 2.71 bits per heavy atom. The minimum Gasteiger partial charge on any atom is -0.299 e. The maximum Gasteiger partial charge on any atom is 0.230 e. The number of rotatable bonds is 3. The van der Waals surface area contributed by atoms with E-state index in [4.69, 9.17) is 0 Å². The summed E-state index contributed by atoms with van der Waals surface area (Å²) in [7, 11) is 0. The molecule has 2 amide bonds. The minimum atomic E-state index is -0.271. The molecule has 1 aromatic rings. The van der Waals surface area contributed by atoms with Gasteiger partial charge >= 0.3 is 0 Å². The first-order valence-corrected chi connectivity index (χ1v) is 4.42. The molecule has 0 aliphatic rings. The van der Waals surface area contributed by atoms with Gasteiger partial charge < -0.3 is 0 Å². The summed E-state index contributed by atoms with van der Waals surface area (Å²) in [5.41, 5.74) is 3.20. The van der Waals surface area contributed by atoms with Crippen LogP contribution in [0.15, 0.2) is 18.2 Å². The lowest BCUT2D eigenvalue weighted by Gasteiger charge is -2.05. The second kappa shape index (κ2) is 4.56. The quantitative estimate of drug-likeness (QED) is 0.728. The zero-order chi connectivity index (χ0) is 10.6. The number of carbonyl (C=O) groups is 2. The highest BCUT2D eigenvalue weighted by Crippen LogP contribution is 2.10. The average molecular weight is 191 g/mol. The normalized spacial score (nSPS) is 9.57. The van der Waals surface area contributed by atoms with Gasteiger partial charge in [0, 0.05) is 0 Å². The molecule has 0 saturated carbocycles. The molecule has 14 heavy (non-hydrogen) atoms. The van der Waals surface area contributed by atoms with E-state index in [1.807, 2.05) is 32.0 Å². The monoisotopic (exact) mass is 191 g/mol. The lowest BCUT2D eigenvalue weighted by Crippen LogP contribution is -2.23. The van der Waals surface area contributed by atoms with Crippen LogP contribution in [-0.4, -0.2) is 12.3 Å². The number of hydrogen-bond donors (Lipinski definition) is 1. The molecule has 3 heteroatoms. The smallest absolute Gasteiger partial charge is 0.230 e. The molecule has 0 aliphatic heterocycles.